The molecule has 2 atom stereocenters. The largest absolute Gasteiger partial charge is 0.334 e. The summed E-state index contributed by atoms with van der Waals surface area (Å²) in [6.07, 6.45) is 1.09. The minimum absolute atomic E-state index is 0.321. The first kappa shape index (κ1) is 13.3. The van der Waals surface area contributed by atoms with Crippen LogP contribution >= 0.6 is 23.4 Å². The Kier molecular flexibility index (Phi) is 4.15. The van der Waals surface area contributed by atoms with Crippen molar-refractivity contribution < 1.29 is 0 Å². The molecule has 0 aromatic heterocycles. The molecule has 1 aromatic carbocycles. The molecule has 0 fully saturated rings. The smallest absolute Gasteiger partial charge is 0.161 e. The molecule has 1 aromatic rings. The average Bonchev–Trinajstić information content (AvgIpc) is 2.30. The van der Waals surface area contributed by atoms with Crippen molar-refractivity contribution in [1.82, 2.24) is 0 Å². The average molecular weight is 280 g/mol. The molecule has 2 rings (SSSR count). The summed E-state index contributed by atoms with van der Waals surface area (Å²) in [6, 6.07) is 7.60. The molecule has 0 saturated heterocycles. The van der Waals surface area contributed by atoms with E-state index in [0.717, 1.165) is 17.3 Å². The number of amidine groups is 1. The Balaban J connectivity index is 2.21. The molecule has 94 valence electrons. The maximum Gasteiger partial charge on any atom is 0.161 e. The van der Waals surface area contributed by atoms with Crippen LogP contribution in [0.2, 0.25) is 5.02 Å². The molecule has 0 radical (unpaired) electrons. The van der Waals surface area contributed by atoms with Crippen molar-refractivity contribution in [2.75, 3.05) is 5.32 Å². The normalized spacial score (nSPS) is 23.1. The van der Waals surface area contributed by atoms with E-state index in [-0.39, 0.29) is 0 Å². The van der Waals surface area contributed by atoms with Crippen LogP contribution in [0, 0.1) is 11.3 Å². The van der Waals surface area contributed by atoms with Crippen LogP contribution in [0.1, 0.15) is 25.8 Å². The lowest BCUT2D eigenvalue weighted by Crippen LogP contribution is -2.22. The van der Waals surface area contributed by atoms with Gasteiger partial charge in [-0.15, -0.1) is 0 Å². The summed E-state index contributed by atoms with van der Waals surface area (Å²) in [4.78, 5) is 4.55. The maximum absolute atomic E-state index is 8.89. The van der Waals surface area contributed by atoms with Gasteiger partial charge >= 0.3 is 0 Å². The Hall–Kier alpha value is -1.18. The number of aliphatic imine (C=N–C) groups is 1. The van der Waals surface area contributed by atoms with Crippen molar-refractivity contribution in [2.24, 2.45) is 4.99 Å². The van der Waals surface area contributed by atoms with E-state index in [1.54, 1.807) is 30.0 Å². The third-order valence-electron chi connectivity index (χ3n) is 2.66. The third kappa shape index (κ3) is 3.18. The van der Waals surface area contributed by atoms with Gasteiger partial charge in [-0.3, -0.25) is 4.99 Å². The Morgan fingerprint density at radius 3 is 2.94 bits per heavy atom. The Morgan fingerprint density at radius 1 is 1.50 bits per heavy atom. The Labute approximate surface area is 116 Å². The van der Waals surface area contributed by atoms with Gasteiger partial charge in [-0.2, -0.15) is 5.26 Å². The number of nitrogens with one attached hydrogen (secondary N) is 1. The van der Waals surface area contributed by atoms with Gasteiger partial charge in [0.2, 0.25) is 0 Å². The second-order valence-electron chi connectivity index (χ2n) is 4.38. The molecule has 18 heavy (non-hydrogen) atoms. The van der Waals surface area contributed by atoms with Gasteiger partial charge in [0.05, 0.1) is 28.4 Å². The zero-order chi connectivity index (χ0) is 13.1. The van der Waals surface area contributed by atoms with E-state index in [1.807, 2.05) is 0 Å². The van der Waals surface area contributed by atoms with E-state index < -0.39 is 0 Å². The number of nitriles is 1. The lowest BCUT2D eigenvalue weighted by molar-refractivity contribution is 0.661. The van der Waals surface area contributed by atoms with Crippen molar-refractivity contribution in [3.05, 3.63) is 28.8 Å². The number of hydrogen-bond acceptors (Lipinski definition) is 4. The van der Waals surface area contributed by atoms with E-state index in [2.05, 4.69) is 30.2 Å². The van der Waals surface area contributed by atoms with Crippen LogP contribution in [-0.2, 0) is 0 Å². The number of thioether (sulfide) groups is 1. The van der Waals surface area contributed by atoms with Crippen LogP contribution in [0.3, 0.4) is 0 Å². The van der Waals surface area contributed by atoms with Crippen LogP contribution in [-0.4, -0.2) is 16.5 Å². The first-order valence-corrected chi connectivity index (χ1v) is 7.05. The number of benzene rings is 1. The SMILES string of the molecule is CC1CC(C)SC(Nc2cc(C#N)ccc2Cl)=N1. The molecule has 0 saturated carbocycles. The molecule has 1 heterocycles. The van der Waals surface area contributed by atoms with Gasteiger partial charge in [-0.25, -0.2) is 0 Å². The van der Waals surface area contributed by atoms with Crippen LogP contribution in [0.5, 0.6) is 0 Å². The zero-order valence-corrected chi connectivity index (χ0v) is 11.8. The first-order chi connectivity index (χ1) is 8.58. The summed E-state index contributed by atoms with van der Waals surface area (Å²) in [5.41, 5.74) is 1.33. The quantitative estimate of drug-likeness (QED) is 0.848. The number of nitrogens with zero attached hydrogens (tertiary/aromatic N) is 2. The highest BCUT2D eigenvalue weighted by atomic mass is 35.5. The molecule has 5 heteroatoms. The Morgan fingerprint density at radius 2 is 2.28 bits per heavy atom. The predicted molar refractivity (Wildman–Crippen MR) is 78.4 cm³/mol. The van der Waals surface area contributed by atoms with Gasteiger partial charge in [0.1, 0.15) is 0 Å². The highest BCUT2D eigenvalue weighted by molar-refractivity contribution is 8.14. The molecule has 0 aliphatic carbocycles. The van der Waals surface area contributed by atoms with Crippen molar-refractivity contribution in [3.63, 3.8) is 0 Å². The molecule has 1 aliphatic heterocycles. The van der Waals surface area contributed by atoms with Gasteiger partial charge in [-0.05, 0) is 31.5 Å². The van der Waals surface area contributed by atoms with Gasteiger partial charge in [-0.1, -0.05) is 30.3 Å². The summed E-state index contributed by atoms with van der Waals surface area (Å²) < 4.78 is 0. The zero-order valence-electron chi connectivity index (χ0n) is 10.3. The topological polar surface area (TPSA) is 48.2 Å². The summed E-state index contributed by atoms with van der Waals surface area (Å²) >= 11 is 7.81. The summed E-state index contributed by atoms with van der Waals surface area (Å²) in [7, 11) is 0. The van der Waals surface area contributed by atoms with E-state index in [9.17, 15) is 0 Å². The first-order valence-electron chi connectivity index (χ1n) is 5.79. The van der Waals surface area contributed by atoms with Crippen molar-refractivity contribution in [2.45, 2.75) is 31.6 Å². The number of hydrogen-bond donors (Lipinski definition) is 1. The van der Waals surface area contributed by atoms with Crippen molar-refractivity contribution in [1.29, 1.82) is 5.26 Å². The van der Waals surface area contributed by atoms with E-state index in [4.69, 9.17) is 16.9 Å². The molecule has 1 aliphatic rings. The molecule has 0 spiro atoms. The molecule has 1 N–H and O–H groups in total. The minimum atomic E-state index is 0.321. The van der Waals surface area contributed by atoms with Crippen LogP contribution < -0.4 is 5.32 Å². The molecule has 0 amide bonds. The second kappa shape index (κ2) is 5.64. The predicted octanol–water partition coefficient (Wildman–Crippen LogP) is 3.89. The van der Waals surface area contributed by atoms with E-state index >= 15 is 0 Å². The lowest BCUT2D eigenvalue weighted by atomic mass is 10.2. The number of rotatable bonds is 1. The van der Waals surface area contributed by atoms with Gasteiger partial charge in [0.15, 0.2) is 5.17 Å². The van der Waals surface area contributed by atoms with Gasteiger partial charge in [0, 0.05) is 5.25 Å². The lowest BCUT2D eigenvalue weighted by Gasteiger charge is -2.23. The monoisotopic (exact) mass is 279 g/mol. The Bertz CT molecular complexity index is 521. The summed E-state index contributed by atoms with van der Waals surface area (Å²) in [6.45, 7) is 4.29. The molecular weight excluding hydrogens is 266 g/mol. The van der Waals surface area contributed by atoms with Gasteiger partial charge in [0.25, 0.3) is 0 Å². The maximum atomic E-state index is 8.89. The van der Waals surface area contributed by atoms with E-state index in [0.29, 0.717) is 21.9 Å². The highest BCUT2D eigenvalue weighted by Crippen LogP contribution is 2.29. The van der Waals surface area contributed by atoms with Crippen LogP contribution in [0.4, 0.5) is 5.69 Å². The molecule has 2 unspecified atom stereocenters. The second-order valence-corrected chi connectivity index (χ2v) is 6.21. The van der Waals surface area contributed by atoms with Crippen molar-refractivity contribution >= 4 is 34.2 Å². The fourth-order valence-electron chi connectivity index (χ4n) is 1.87. The highest BCUT2D eigenvalue weighted by Gasteiger charge is 2.19. The number of anilines is 1. The minimum Gasteiger partial charge on any atom is -0.334 e. The van der Waals surface area contributed by atoms with E-state index in [1.165, 1.54) is 0 Å². The number of halogens is 1. The standard InChI is InChI=1S/C13H14ClN3S/c1-8-5-9(2)18-13(16-8)17-12-6-10(7-15)3-4-11(12)14/h3-4,6,8-9H,5H2,1-2H3,(H,16,17). The van der Waals surface area contributed by atoms with Crippen molar-refractivity contribution in [3.8, 4) is 6.07 Å². The summed E-state index contributed by atoms with van der Waals surface area (Å²) in [5.74, 6) is 0. The molecule has 3 nitrogen and oxygen atoms in total. The molecule has 0 bridgehead atoms. The molecular formula is C13H14ClN3S. The third-order valence-corrected chi connectivity index (χ3v) is 4.02. The van der Waals surface area contributed by atoms with Gasteiger partial charge < -0.3 is 5.32 Å². The van der Waals surface area contributed by atoms with Crippen LogP contribution in [0.25, 0.3) is 0 Å². The fourth-order valence-corrected chi connectivity index (χ4v) is 3.20. The fraction of sp³-hybridized carbons (Fsp3) is 0.385. The van der Waals surface area contributed by atoms with Crippen LogP contribution in [0.15, 0.2) is 23.2 Å². The summed E-state index contributed by atoms with van der Waals surface area (Å²) in [5, 5.41) is 14.1.